The molecular weight excluding hydrogens is 254 g/mol. The predicted molar refractivity (Wildman–Crippen MR) is 77.6 cm³/mol. The number of amides is 1. The molecule has 0 aliphatic carbocycles. The molecule has 0 bridgehead atoms. The fraction of sp³-hybridized carbons (Fsp3) is 0.357. The summed E-state index contributed by atoms with van der Waals surface area (Å²) in [5, 5.41) is 10.1. The average molecular weight is 273 g/mol. The maximum atomic E-state index is 11.9. The Balaban J connectivity index is 1.84. The van der Waals surface area contributed by atoms with Crippen molar-refractivity contribution in [1.29, 1.82) is 0 Å². The third-order valence-electron chi connectivity index (χ3n) is 2.97. The van der Waals surface area contributed by atoms with E-state index in [4.69, 9.17) is 0 Å². The van der Waals surface area contributed by atoms with Crippen LogP contribution in [0.15, 0.2) is 30.6 Å². The van der Waals surface area contributed by atoms with Gasteiger partial charge in [0.2, 0.25) is 0 Å². The first-order valence-electron chi connectivity index (χ1n) is 6.65. The molecular formula is C14H19N5O. The van der Waals surface area contributed by atoms with Crippen molar-refractivity contribution in [3.8, 4) is 0 Å². The van der Waals surface area contributed by atoms with Crippen molar-refractivity contribution in [3.05, 3.63) is 42.0 Å². The molecule has 2 N–H and O–H groups in total. The minimum Gasteiger partial charge on any atom is -0.384 e. The fourth-order valence-electron chi connectivity index (χ4n) is 1.88. The summed E-state index contributed by atoms with van der Waals surface area (Å²) in [5.41, 5.74) is 2.43. The van der Waals surface area contributed by atoms with Crippen LogP contribution in [0.1, 0.15) is 23.1 Å². The van der Waals surface area contributed by atoms with Gasteiger partial charge in [-0.15, -0.1) is 0 Å². The number of rotatable bonds is 6. The SMILES string of the molecule is CCNc1ccc(C(=O)NCCc2ccnn2C)nc1. The van der Waals surface area contributed by atoms with Crippen LogP contribution in [0.5, 0.6) is 0 Å². The second-order valence-corrected chi connectivity index (χ2v) is 4.41. The standard InChI is InChI=1S/C14H19N5O/c1-3-15-11-4-5-13(17-10-11)14(20)16-8-6-12-7-9-18-19(12)2/h4-5,7,9-10,15H,3,6,8H2,1-2H3,(H,16,20). The lowest BCUT2D eigenvalue weighted by Crippen LogP contribution is -2.27. The third-order valence-corrected chi connectivity index (χ3v) is 2.97. The summed E-state index contributed by atoms with van der Waals surface area (Å²) in [6, 6.07) is 5.51. The van der Waals surface area contributed by atoms with Gasteiger partial charge in [0.25, 0.3) is 5.91 Å². The Morgan fingerprint density at radius 2 is 2.20 bits per heavy atom. The Labute approximate surface area is 118 Å². The third kappa shape index (κ3) is 3.57. The van der Waals surface area contributed by atoms with Gasteiger partial charge in [-0.3, -0.25) is 9.48 Å². The molecule has 2 heterocycles. The van der Waals surface area contributed by atoms with Gasteiger partial charge in [0, 0.05) is 38.4 Å². The average Bonchev–Trinajstić information content (AvgIpc) is 2.85. The second kappa shape index (κ2) is 6.70. The quantitative estimate of drug-likeness (QED) is 0.830. The molecule has 2 aromatic rings. The topological polar surface area (TPSA) is 71.8 Å². The summed E-state index contributed by atoms with van der Waals surface area (Å²) in [7, 11) is 1.89. The summed E-state index contributed by atoms with van der Waals surface area (Å²) in [6.07, 6.45) is 4.16. The van der Waals surface area contributed by atoms with E-state index in [1.54, 1.807) is 23.1 Å². The summed E-state index contributed by atoms with van der Waals surface area (Å²) in [6.45, 7) is 3.41. The van der Waals surface area contributed by atoms with E-state index in [-0.39, 0.29) is 5.91 Å². The molecule has 1 amide bonds. The summed E-state index contributed by atoms with van der Waals surface area (Å²) < 4.78 is 1.80. The van der Waals surface area contributed by atoms with E-state index in [0.29, 0.717) is 12.2 Å². The Morgan fingerprint density at radius 3 is 2.80 bits per heavy atom. The molecule has 6 nitrogen and oxygen atoms in total. The highest BCUT2D eigenvalue weighted by Crippen LogP contribution is 2.05. The molecule has 2 aromatic heterocycles. The van der Waals surface area contributed by atoms with Crippen molar-refractivity contribution < 1.29 is 4.79 Å². The summed E-state index contributed by atoms with van der Waals surface area (Å²) in [5.74, 6) is -0.157. The van der Waals surface area contributed by atoms with Crippen LogP contribution in [-0.4, -0.2) is 33.8 Å². The first-order valence-corrected chi connectivity index (χ1v) is 6.65. The van der Waals surface area contributed by atoms with Crippen LogP contribution in [-0.2, 0) is 13.5 Å². The highest BCUT2D eigenvalue weighted by molar-refractivity contribution is 5.92. The van der Waals surface area contributed by atoms with E-state index in [0.717, 1.165) is 24.3 Å². The number of nitrogens with one attached hydrogen (secondary N) is 2. The zero-order valence-electron chi connectivity index (χ0n) is 11.8. The van der Waals surface area contributed by atoms with Crippen LogP contribution >= 0.6 is 0 Å². The van der Waals surface area contributed by atoms with Crippen LogP contribution < -0.4 is 10.6 Å². The molecule has 6 heteroatoms. The largest absolute Gasteiger partial charge is 0.384 e. The zero-order valence-corrected chi connectivity index (χ0v) is 11.8. The molecule has 0 radical (unpaired) electrons. The van der Waals surface area contributed by atoms with Crippen molar-refractivity contribution >= 4 is 11.6 Å². The number of pyridine rings is 1. The van der Waals surface area contributed by atoms with Crippen molar-refractivity contribution in [3.63, 3.8) is 0 Å². The lowest BCUT2D eigenvalue weighted by molar-refractivity contribution is 0.0949. The number of nitrogens with zero attached hydrogens (tertiary/aromatic N) is 3. The van der Waals surface area contributed by atoms with Crippen molar-refractivity contribution in [1.82, 2.24) is 20.1 Å². The number of carbonyl (C=O) groups excluding carboxylic acids is 1. The van der Waals surface area contributed by atoms with Gasteiger partial charge in [0.05, 0.1) is 11.9 Å². The first-order chi connectivity index (χ1) is 9.70. The molecule has 0 saturated carbocycles. The Bertz CT molecular complexity index is 561. The molecule has 0 aliphatic rings. The lowest BCUT2D eigenvalue weighted by Gasteiger charge is -2.06. The van der Waals surface area contributed by atoms with E-state index in [2.05, 4.69) is 20.7 Å². The minimum absolute atomic E-state index is 0.157. The van der Waals surface area contributed by atoms with E-state index in [1.165, 1.54) is 0 Å². The minimum atomic E-state index is -0.157. The zero-order chi connectivity index (χ0) is 14.4. The van der Waals surface area contributed by atoms with Crippen LogP contribution in [0.4, 0.5) is 5.69 Å². The van der Waals surface area contributed by atoms with Gasteiger partial charge in [-0.1, -0.05) is 0 Å². The maximum Gasteiger partial charge on any atom is 0.269 e. The molecule has 20 heavy (non-hydrogen) atoms. The van der Waals surface area contributed by atoms with Crippen LogP contribution in [0, 0.1) is 0 Å². The van der Waals surface area contributed by atoms with Crippen LogP contribution in [0.2, 0.25) is 0 Å². The molecule has 0 spiro atoms. The van der Waals surface area contributed by atoms with Gasteiger partial charge in [0.1, 0.15) is 5.69 Å². The Morgan fingerprint density at radius 1 is 1.35 bits per heavy atom. The van der Waals surface area contributed by atoms with E-state index in [1.807, 2.05) is 26.1 Å². The number of aromatic nitrogens is 3. The van der Waals surface area contributed by atoms with E-state index in [9.17, 15) is 4.79 Å². The Kier molecular flexibility index (Phi) is 4.70. The number of aryl methyl sites for hydroxylation is 1. The molecule has 0 unspecified atom stereocenters. The van der Waals surface area contributed by atoms with Crippen molar-refractivity contribution in [2.24, 2.45) is 7.05 Å². The number of carbonyl (C=O) groups is 1. The van der Waals surface area contributed by atoms with Gasteiger partial charge < -0.3 is 10.6 Å². The molecule has 2 rings (SSSR count). The smallest absolute Gasteiger partial charge is 0.269 e. The van der Waals surface area contributed by atoms with Crippen LogP contribution in [0.3, 0.4) is 0 Å². The normalized spacial score (nSPS) is 10.3. The molecule has 0 atom stereocenters. The summed E-state index contributed by atoms with van der Waals surface area (Å²) in [4.78, 5) is 16.0. The molecule has 106 valence electrons. The van der Waals surface area contributed by atoms with Gasteiger partial charge in [-0.25, -0.2) is 4.98 Å². The number of hydrogen-bond donors (Lipinski definition) is 2. The predicted octanol–water partition coefficient (Wildman–Crippen LogP) is 1.22. The summed E-state index contributed by atoms with van der Waals surface area (Å²) >= 11 is 0. The number of anilines is 1. The van der Waals surface area contributed by atoms with Crippen LogP contribution in [0.25, 0.3) is 0 Å². The van der Waals surface area contributed by atoms with Gasteiger partial charge in [-0.05, 0) is 25.1 Å². The highest BCUT2D eigenvalue weighted by Gasteiger charge is 2.07. The highest BCUT2D eigenvalue weighted by atomic mass is 16.1. The Hall–Kier alpha value is -2.37. The monoisotopic (exact) mass is 273 g/mol. The molecule has 0 aliphatic heterocycles. The maximum absolute atomic E-state index is 11.9. The van der Waals surface area contributed by atoms with Gasteiger partial charge >= 0.3 is 0 Å². The lowest BCUT2D eigenvalue weighted by atomic mass is 10.3. The fourth-order valence-corrected chi connectivity index (χ4v) is 1.88. The van der Waals surface area contributed by atoms with E-state index >= 15 is 0 Å². The first kappa shape index (κ1) is 14.0. The molecule has 0 saturated heterocycles. The number of hydrogen-bond acceptors (Lipinski definition) is 4. The van der Waals surface area contributed by atoms with Crippen molar-refractivity contribution in [2.75, 3.05) is 18.4 Å². The van der Waals surface area contributed by atoms with Crippen molar-refractivity contribution in [2.45, 2.75) is 13.3 Å². The molecule has 0 aromatic carbocycles. The van der Waals surface area contributed by atoms with Gasteiger partial charge in [-0.2, -0.15) is 5.10 Å². The van der Waals surface area contributed by atoms with Gasteiger partial charge in [0.15, 0.2) is 0 Å². The van der Waals surface area contributed by atoms with E-state index < -0.39 is 0 Å². The molecule has 0 fully saturated rings. The second-order valence-electron chi connectivity index (χ2n) is 4.41.